The molecule has 0 saturated heterocycles. The molecule has 0 N–H and O–H groups in total. The molecule has 0 fully saturated rings. The van der Waals surface area contributed by atoms with Gasteiger partial charge < -0.3 is 4.57 Å². The highest BCUT2D eigenvalue weighted by molar-refractivity contribution is 5.01. The average molecular weight is 545 g/mol. The summed E-state index contributed by atoms with van der Waals surface area (Å²) < 4.78 is 2.49. The van der Waals surface area contributed by atoms with Gasteiger partial charge in [0.25, 0.3) is 0 Å². The third-order valence-corrected chi connectivity index (χ3v) is 9.08. The van der Waals surface area contributed by atoms with E-state index in [0.29, 0.717) is 12.0 Å². The van der Waals surface area contributed by atoms with Gasteiger partial charge in [-0.25, -0.2) is 4.98 Å². The van der Waals surface area contributed by atoms with Crippen LogP contribution in [0, 0.1) is 0 Å². The van der Waals surface area contributed by atoms with Crippen molar-refractivity contribution in [3.05, 3.63) is 18.2 Å². The van der Waals surface area contributed by atoms with E-state index in [1.165, 1.54) is 186 Å². The smallest absolute Gasteiger partial charge is 0.111 e. The molecule has 1 rings (SSSR count). The summed E-state index contributed by atoms with van der Waals surface area (Å²) in [6.07, 6.45) is 44.1. The lowest BCUT2D eigenvalue weighted by Crippen LogP contribution is -2.11. The Morgan fingerprint density at radius 1 is 0.487 bits per heavy atom. The second-order valence-electron chi connectivity index (χ2n) is 13.0. The summed E-state index contributed by atoms with van der Waals surface area (Å²) in [5.74, 6) is 1.91. The summed E-state index contributed by atoms with van der Waals surface area (Å²) in [7, 11) is 0. The molecule has 0 aliphatic rings. The van der Waals surface area contributed by atoms with Crippen LogP contribution in [0.1, 0.15) is 225 Å². The lowest BCUT2D eigenvalue weighted by molar-refractivity contribution is 0.435. The Balaban J connectivity index is 2.00. The molecule has 0 spiro atoms. The van der Waals surface area contributed by atoms with Crippen LogP contribution in [0.15, 0.2) is 12.4 Å². The van der Waals surface area contributed by atoms with Gasteiger partial charge in [-0.05, 0) is 19.8 Å². The fraction of sp³-hybridized carbons (Fsp3) is 0.919. The molecule has 0 aliphatic heterocycles. The molecule has 2 unspecified atom stereocenters. The van der Waals surface area contributed by atoms with Crippen LogP contribution in [0.4, 0.5) is 0 Å². The highest BCUT2D eigenvalue weighted by Gasteiger charge is 2.15. The Hall–Kier alpha value is -0.790. The zero-order valence-corrected chi connectivity index (χ0v) is 27.5. The maximum Gasteiger partial charge on any atom is 0.111 e. The van der Waals surface area contributed by atoms with Gasteiger partial charge >= 0.3 is 0 Å². The molecule has 0 bridgehead atoms. The van der Waals surface area contributed by atoms with Crippen LogP contribution >= 0.6 is 0 Å². The number of nitrogens with zero attached hydrogens (tertiary/aromatic N) is 2. The fourth-order valence-corrected chi connectivity index (χ4v) is 6.27. The molecular weight excluding hydrogens is 472 g/mol. The van der Waals surface area contributed by atoms with Crippen LogP contribution in [0.2, 0.25) is 0 Å². The zero-order valence-electron chi connectivity index (χ0n) is 27.5. The number of imidazole rings is 1. The van der Waals surface area contributed by atoms with Crippen molar-refractivity contribution in [1.29, 1.82) is 0 Å². The molecule has 0 saturated carbocycles. The average Bonchev–Trinajstić information content (AvgIpc) is 3.44. The third-order valence-electron chi connectivity index (χ3n) is 9.08. The van der Waals surface area contributed by atoms with Crippen molar-refractivity contribution < 1.29 is 0 Å². The van der Waals surface area contributed by atoms with E-state index < -0.39 is 0 Å². The van der Waals surface area contributed by atoms with Gasteiger partial charge in [0.15, 0.2) is 0 Å². The maximum absolute atomic E-state index is 4.79. The first-order valence-corrected chi connectivity index (χ1v) is 18.2. The van der Waals surface area contributed by atoms with E-state index in [4.69, 9.17) is 4.98 Å². The van der Waals surface area contributed by atoms with Gasteiger partial charge in [-0.15, -0.1) is 0 Å². The van der Waals surface area contributed by atoms with Crippen molar-refractivity contribution >= 4 is 0 Å². The minimum Gasteiger partial charge on any atom is -0.332 e. The molecule has 0 aromatic carbocycles. The van der Waals surface area contributed by atoms with Gasteiger partial charge in [-0.3, -0.25) is 0 Å². The molecule has 1 heterocycles. The lowest BCUT2D eigenvalue weighted by Gasteiger charge is -2.20. The number of hydrogen-bond acceptors (Lipinski definition) is 1. The topological polar surface area (TPSA) is 17.8 Å². The summed E-state index contributed by atoms with van der Waals surface area (Å²) >= 11 is 0. The van der Waals surface area contributed by atoms with Crippen LogP contribution in [0.5, 0.6) is 0 Å². The van der Waals surface area contributed by atoms with Crippen LogP contribution < -0.4 is 0 Å². The van der Waals surface area contributed by atoms with Gasteiger partial charge in [0.1, 0.15) is 5.82 Å². The Bertz CT molecular complexity index is 556. The van der Waals surface area contributed by atoms with Gasteiger partial charge in [0.05, 0.1) is 0 Å². The number of hydrogen-bond donors (Lipinski definition) is 0. The van der Waals surface area contributed by atoms with Gasteiger partial charge in [-0.2, -0.15) is 0 Å². The quantitative estimate of drug-likeness (QED) is 0.0880. The van der Waals surface area contributed by atoms with Crippen LogP contribution in [0.3, 0.4) is 0 Å². The van der Waals surface area contributed by atoms with Gasteiger partial charge in [0.2, 0.25) is 0 Å². The number of aromatic nitrogens is 2. The molecule has 2 nitrogen and oxygen atoms in total. The summed E-state index contributed by atoms with van der Waals surface area (Å²) in [6.45, 7) is 9.41. The Morgan fingerprint density at radius 2 is 0.821 bits per heavy atom. The number of rotatable bonds is 30. The molecule has 0 radical (unpaired) electrons. The molecule has 1 aromatic heterocycles. The predicted molar refractivity (Wildman–Crippen MR) is 176 cm³/mol. The van der Waals surface area contributed by atoms with Crippen LogP contribution in [-0.4, -0.2) is 9.55 Å². The minimum atomic E-state index is 0.585. The molecule has 1 aromatic rings. The largest absolute Gasteiger partial charge is 0.332 e. The van der Waals surface area contributed by atoms with Gasteiger partial charge in [-0.1, -0.05) is 188 Å². The summed E-state index contributed by atoms with van der Waals surface area (Å²) in [4.78, 5) is 4.79. The van der Waals surface area contributed by atoms with E-state index in [-0.39, 0.29) is 0 Å². The lowest BCUT2D eigenvalue weighted by atomic mass is 9.99. The SMILES string of the molecule is CCCCCCCCCCCCCCCC(C)c1nccn1C(C)CCCCCCCCCCCCCCC. The highest BCUT2D eigenvalue weighted by Crippen LogP contribution is 2.26. The van der Waals surface area contributed by atoms with Crippen LogP contribution in [0.25, 0.3) is 0 Å². The minimum absolute atomic E-state index is 0.585. The second kappa shape index (κ2) is 27.4. The van der Waals surface area contributed by atoms with E-state index >= 15 is 0 Å². The van der Waals surface area contributed by atoms with Crippen molar-refractivity contribution in [2.45, 2.75) is 219 Å². The zero-order chi connectivity index (χ0) is 28.2. The molecule has 39 heavy (non-hydrogen) atoms. The van der Waals surface area contributed by atoms with E-state index in [0.717, 1.165) is 0 Å². The molecule has 0 aliphatic carbocycles. The molecule has 2 heteroatoms. The highest BCUT2D eigenvalue weighted by atomic mass is 15.1. The Morgan fingerprint density at radius 3 is 1.21 bits per heavy atom. The first-order valence-electron chi connectivity index (χ1n) is 18.2. The summed E-state index contributed by atoms with van der Waals surface area (Å²) in [6, 6.07) is 0.587. The third kappa shape index (κ3) is 20.7. The Kier molecular flexibility index (Phi) is 25.4. The second-order valence-corrected chi connectivity index (χ2v) is 13.0. The molecule has 2 atom stereocenters. The molecule has 230 valence electrons. The normalized spacial score (nSPS) is 13.2. The maximum atomic E-state index is 4.79. The first-order chi connectivity index (χ1) is 19.2. The van der Waals surface area contributed by atoms with Crippen molar-refractivity contribution in [2.24, 2.45) is 0 Å². The first kappa shape index (κ1) is 36.2. The van der Waals surface area contributed by atoms with Crippen LogP contribution in [-0.2, 0) is 0 Å². The van der Waals surface area contributed by atoms with Crippen molar-refractivity contribution in [2.75, 3.05) is 0 Å². The number of unbranched alkanes of at least 4 members (excludes halogenated alkanes) is 24. The van der Waals surface area contributed by atoms with E-state index in [2.05, 4.69) is 38.5 Å². The monoisotopic (exact) mass is 545 g/mol. The van der Waals surface area contributed by atoms with Crippen molar-refractivity contribution in [3.63, 3.8) is 0 Å². The van der Waals surface area contributed by atoms with E-state index in [1.807, 2.05) is 6.20 Å². The predicted octanol–water partition coefficient (Wildman–Crippen LogP) is 13.5. The van der Waals surface area contributed by atoms with Gasteiger partial charge in [0, 0.05) is 24.4 Å². The Labute approximate surface area is 246 Å². The van der Waals surface area contributed by atoms with Crippen molar-refractivity contribution in [3.8, 4) is 0 Å². The van der Waals surface area contributed by atoms with E-state index in [1.54, 1.807) is 0 Å². The molecular formula is C37H72N2. The molecule has 0 amide bonds. The fourth-order valence-electron chi connectivity index (χ4n) is 6.27. The summed E-state index contributed by atoms with van der Waals surface area (Å²) in [5, 5.41) is 0. The van der Waals surface area contributed by atoms with Crippen molar-refractivity contribution in [1.82, 2.24) is 9.55 Å². The van der Waals surface area contributed by atoms with E-state index in [9.17, 15) is 0 Å². The standard InChI is InChI=1S/C37H72N2/c1-5-7-9-11-13-15-17-19-21-23-25-27-29-31-35(3)37-38-33-34-39(37)36(4)32-30-28-26-24-22-20-18-16-14-12-10-8-6-2/h33-36H,5-32H2,1-4H3. The summed E-state index contributed by atoms with van der Waals surface area (Å²) in [5.41, 5.74) is 0.